The molecule has 5 atom stereocenters. The minimum absolute atomic E-state index is 0.0557. The molecule has 1 aromatic rings. The highest BCUT2D eigenvalue weighted by atomic mass is 16.7. The van der Waals surface area contributed by atoms with E-state index in [1.54, 1.807) is 7.11 Å². The fraction of sp³-hybridized carbons (Fsp3) is 0.438. The first-order chi connectivity index (χ1) is 9.28. The minimum atomic E-state index is -1.00. The third-order valence-electron chi connectivity index (χ3n) is 4.90. The van der Waals surface area contributed by atoms with Crippen LogP contribution >= 0.6 is 0 Å². The molecule has 1 heterocycles. The van der Waals surface area contributed by atoms with Crippen LogP contribution in [0.5, 0.6) is 0 Å². The van der Waals surface area contributed by atoms with Crippen LogP contribution in [0.4, 0.5) is 0 Å². The van der Waals surface area contributed by atoms with E-state index in [1.165, 1.54) is 5.56 Å². The maximum atomic E-state index is 12.7. The van der Waals surface area contributed by atoms with Crippen LogP contribution < -0.4 is 0 Å². The van der Waals surface area contributed by atoms with Crippen LogP contribution in [0.2, 0.25) is 0 Å². The van der Waals surface area contributed by atoms with E-state index >= 15 is 0 Å². The Labute approximate surface area is 112 Å². The number of Topliss-reactive ketones (excluding diaryl/α,β-unsaturated/α-hetero) is 1. The van der Waals surface area contributed by atoms with Gasteiger partial charge in [0, 0.05) is 30.8 Å². The molecule has 1 saturated carbocycles. The SMILES string of the molecule is COC12OCC3C(c4ccccc4)C(C=CC31)C2=O. The fourth-order valence-electron chi connectivity index (χ4n) is 4.07. The first kappa shape index (κ1) is 11.4. The second kappa shape index (κ2) is 3.78. The van der Waals surface area contributed by atoms with Gasteiger partial charge in [0.2, 0.25) is 5.79 Å². The predicted octanol–water partition coefficient (Wildman–Crippen LogP) is 2.14. The van der Waals surface area contributed by atoms with Crippen LogP contribution in [0.3, 0.4) is 0 Å². The van der Waals surface area contributed by atoms with Crippen LogP contribution in [0.25, 0.3) is 0 Å². The van der Waals surface area contributed by atoms with Gasteiger partial charge in [-0.25, -0.2) is 0 Å². The van der Waals surface area contributed by atoms with Gasteiger partial charge in [0.05, 0.1) is 6.61 Å². The first-order valence-electron chi connectivity index (χ1n) is 6.74. The maximum absolute atomic E-state index is 12.7. The molecule has 3 nitrogen and oxygen atoms in total. The van der Waals surface area contributed by atoms with Crippen LogP contribution in [-0.2, 0) is 14.3 Å². The van der Waals surface area contributed by atoms with E-state index < -0.39 is 5.79 Å². The van der Waals surface area contributed by atoms with Crippen molar-refractivity contribution >= 4 is 5.78 Å². The number of benzene rings is 1. The van der Waals surface area contributed by atoms with Gasteiger partial charge in [-0.05, 0) is 5.56 Å². The second-order valence-corrected chi connectivity index (χ2v) is 5.58. The lowest BCUT2D eigenvalue weighted by Gasteiger charge is -2.46. The Kier molecular flexibility index (Phi) is 2.26. The number of carbonyl (C=O) groups is 1. The lowest BCUT2D eigenvalue weighted by Crippen LogP contribution is -2.57. The Bertz CT molecular complexity index is 550. The molecule has 3 aliphatic carbocycles. The molecule has 0 spiro atoms. The number of ketones is 1. The average Bonchev–Trinajstić information content (AvgIpc) is 2.82. The highest BCUT2D eigenvalue weighted by Crippen LogP contribution is 2.57. The summed E-state index contributed by atoms with van der Waals surface area (Å²) >= 11 is 0. The Hall–Kier alpha value is -1.45. The molecule has 1 aromatic carbocycles. The Balaban J connectivity index is 1.83. The molecule has 4 bridgehead atoms. The normalized spacial score (nSPS) is 42.9. The topological polar surface area (TPSA) is 35.5 Å². The monoisotopic (exact) mass is 256 g/mol. The molecular weight excluding hydrogens is 240 g/mol. The van der Waals surface area contributed by atoms with Crippen molar-refractivity contribution in [2.24, 2.45) is 17.8 Å². The quantitative estimate of drug-likeness (QED) is 0.761. The Morgan fingerprint density at radius 1 is 1.26 bits per heavy atom. The fourth-order valence-corrected chi connectivity index (χ4v) is 4.07. The summed E-state index contributed by atoms with van der Waals surface area (Å²) in [4.78, 5) is 12.7. The molecule has 1 saturated heterocycles. The third-order valence-corrected chi connectivity index (χ3v) is 4.90. The van der Waals surface area contributed by atoms with Gasteiger partial charge in [-0.3, -0.25) is 4.79 Å². The van der Waals surface area contributed by atoms with E-state index in [9.17, 15) is 4.79 Å². The average molecular weight is 256 g/mol. The Morgan fingerprint density at radius 2 is 2.05 bits per heavy atom. The molecule has 4 aliphatic rings. The summed E-state index contributed by atoms with van der Waals surface area (Å²) in [5.41, 5.74) is 1.23. The van der Waals surface area contributed by atoms with Gasteiger partial charge >= 0.3 is 0 Å². The van der Waals surface area contributed by atoms with Crippen molar-refractivity contribution in [3.63, 3.8) is 0 Å². The minimum Gasteiger partial charge on any atom is -0.347 e. The van der Waals surface area contributed by atoms with Crippen molar-refractivity contribution < 1.29 is 14.3 Å². The summed E-state index contributed by atoms with van der Waals surface area (Å²) in [5.74, 6) is -0.398. The number of carbonyl (C=O) groups excluding carboxylic acids is 1. The number of allylic oxidation sites excluding steroid dienone is 1. The zero-order valence-electron chi connectivity index (χ0n) is 10.8. The molecule has 2 fully saturated rings. The van der Waals surface area contributed by atoms with Crippen LogP contribution in [0, 0.1) is 17.8 Å². The largest absolute Gasteiger partial charge is 0.347 e. The number of ether oxygens (including phenoxy) is 2. The smallest absolute Gasteiger partial charge is 0.236 e. The number of rotatable bonds is 2. The second-order valence-electron chi connectivity index (χ2n) is 5.58. The first-order valence-corrected chi connectivity index (χ1v) is 6.74. The van der Waals surface area contributed by atoms with Gasteiger partial charge in [-0.1, -0.05) is 42.5 Å². The van der Waals surface area contributed by atoms with E-state index in [4.69, 9.17) is 9.47 Å². The zero-order valence-corrected chi connectivity index (χ0v) is 10.8. The van der Waals surface area contributed by atoms with Gasteiger partial charge in [-0.15, -0.1) is 0 Å². The van der Waals surface area contributed by atoms with Crippen molar-refractivity contribution in [3.05, 3.63) is 48.0 Å². The Morgan fingerprint density at radius 3 is 2.79 bits per heavy atom. The molecule has 1 aliphatic heterocycles. The number of hydrogen-bond acceptors (Lipinski definition) is 3. The van der Waals surface area contributed by atoms with Gasteiger partial charge in [0.1, 0.15) is 0 Å². The molecule has 98 valence electrons. The summed E-state index contributed by atoms with van der Waals surface area (Å²) in [6.45, 7) is 0.602. The maximum Gasteiger partial charge on any atom is 0.236 e. The molecule has 0 N–H and O–H groups in total. The summed E-state index contributed by atoms with van der Waals surface area (Å²) in [6.07, 6.45) is 4.17. The highest BCUT2D eigenvalue weighted by molar-refractivity contribution is 5.94. The van der Waals surface area contributed by atoms with Gasteiger partial charge in [0.15, 0.2) is 5.78 Å². The van der Waals surface area contributed by atoms with Crippen molar-refractivity contribution in [2.75, 3.05) is 13.7 Å². The van der Waals surface area contributed by atoms with E-state index in [0.717, 1.165) is 0 Å². The van der Waals surface area contributed by atoms with Gasteiger partial charge < -0.3 is 9.47 Å². The molecule has 5 rings (SSSR count). The van der Waals surface area contributed by atoms with Crippen LogP contribution in [-0.4, -0.2) is 25.3 Å². The van der Waals surface area contributed by atoms with Crippen molar-refractivity contribution in [1.82, 2.24) is 0 Å². The summed E-state index contributed by atoms with van der Waals surface area (Å²) < 4.78 is 11.3. The van der Waals surface area contributed by atoms with Crippen molar-refractivity contribution in [2.45, 2.75) is 11.7 Å². The standard InChI is InChI=1S/C16H16O3/c1-18-16-13-8-7-11(15(16)17)14(12(13)9-19-16)10-5-3-2-4-6-10/h2-8,11-14H,9H2,1H3. The van der Waals surface area contributed by atoms with Crippen molar-refractivity contribution in [1.29, 1.82) is 0 Å². The lowest BCUT2D eigenvalue weighted by atomic mass is 9.59. The molecule has 0 radical (unpaired) electrons. The molecule has 3 heteroatoms. The number of methoxy groups -OCH3 is 1. The summed E-state index contributed by atoms with van der Waals surface area (Å²) in [7, 11) is 1.58. The summed E-state index contributed by atoms with van der Waals surface area (Å²) in [5, 5.41) is 0. The molecular formula is C16H16O3. The van der Waals surface area contributed by atoms with Crippen LogP contribution in [0.15, 0.2) is 42.5 Å². The molecule has 5 unspecified atom stereocenters. The molecule has 0 amide bonds. The van der Waals surface area contributed by atoms with E-state index in [1.807, 2.05) is 24.3 Å². The van der Waals surface area contributed by atoms with E-state index in [2.05, 4.69) is 18.2 Å². The van der Waals surface area contributed by atoms with Gasteiger partial charge in [-0.2, -0.15) is 0 Å². The van der Waals surface area contributed by atoms with E-state index in [-0.39, 0.29) is 23.5 Å². The molecule has 19 heavy (non-hydrogen) atoms. The van der Waals surface area contributed by atoms with E-state index in [0.29, 0.717) is 12.5 Å². The predicted molar refractivity (Wildman–Crippen MR) is 69.5 cm³/mol. The van der Waals surface area contributed by atoms with Crippen LogP contribution in [0.1, 0.15) is 11.5 Å². The highest BCUT2D eigenvalue weighted by Gasteiger charge is 2.66. The van der Waals surface area contributed by atoms with Gasteiger partial charge in [0.25, 0.3) is 0 Å². The van der Waals surface area contributed by atoms with Crippen molar-refractivity contribution in [3.8, 4) is 0 Å². The molecule has 0 aromatic heterocycles. The lowest BCUT2D eigenvalue weighted by molar-refractivity contribution is -0.215. The summed E-state index contributed by atoms with van der Waals surface area (Å²) in [6, 6.07) is 10.3. The zero-order chi connectivity index (χ0) is 13.0. The third kappa shape index (κ3) is 1.27. The number of hydrogen-bond donors (Lipinski definition) is 0.